The van der Waals surface area contributed by atoms with Crippen LogP contribution in [-0.2, 0) is 4.79 Å². The molecule has 21 heavy (non-hydrogen) atoms. The summed E-state index contributed by atoms with van der Waals surface area (Å²) >= 11 is 3.42. The predicted molar refractivity (Wildman–Crippen MR) is 83.0 cm³/mol. The number of hydrogen-bond donors (Lipinski definition) is 1. The maximum Gasteiger partial charge on any atom is 0.240 e. The molecular weight excluding hydrogens is 337 g/mol. The summed E-state index contributed by atoms with van der Waals surface area (Å²) in [6, 6.07) is 6.14. The largest absolute Gasteiger partial charge is 0.308 e. The van der Waals surface area contributed by atoms with E-state index in [-0.39, 0.29) is 16.6 Å². The minimum Gasteiger partial charge on any atom is -0.308 e. The van der Waals surface area contributed by atoms with Crippen LogP contribution in [0.2, 0.25) is 0 Å². The number of carbonyl (C=O) groups excluding carboxylic acids is 1. The van der Waals surface area contributed by atoms with E-state index in [0.29, 0.717) is 12.2 Å². The first-order chi connectivity index (χ1) is 10.1. The van der Waals surface area contributed by atoms with Gasteiger partial charge in [0.2, 0.25) is 5.91 Å². The number of halogens is 2. The van der Waals surface area contributed by atoms with E-state index in [2.05, 4.69) is 26.1 Å². The van der Waals surface area contributed by atoms with Crippen LogP contribution in [0.4, 0.5) is 10.1 Å². The highest BCUT2D eigenvalue weighted by molar-refractivity contribution is 9.10. The lowest BCUT2D eigenvalue weighted by Crippen LogP contribution is -2.42. The average molecular weight is 352 g/mol. The van der Waals surface area contributed by atoms with Crippen molar-refractivity contribution < 1.29 is 9.18 Å². The number of hydrogen-bond acceptors (Lipinski definition) is 2. The summed E-state index contributed by atoms with van der Waals surface area (Å²) in [5.41, 5.74) is 3.10. The second-order valence-corrected chi connectivity index (χ2v) is 6.26. The fourth-order valence-corrected chi connectivity index (χ4v) is 3.19. The fourth-order valence-electron chi connectivity index (χ4n) is 2.62. The van der Waals surface area contributed by atoms with E-state index < -0.39 is 0 Å². The molecule has 0 spiro atoms. The summed E-state index contributed by atoms with van der Waals surface area (Å²) in [6.45, 7) is 2.57. The molecule has 2 aromatic rings. The van der Waals surface area contributed by atoms with E-state index in [1.807, 2.05) is 6.92 Å². The first-order valence-electron chi connectivity index (χ1n) is 6.84. The summed E-state index contributed by atoms with van der Waals surface area (Å²) in [6.07, 6.45) is 1.78. The van der Waals surface area contributed by atoms with Crippen LogP contribution in [0.1, 0.15) is 18.5 Å². The van der Waals surface area contributed by atoms with Gasteiger partial charge in [0.15, 0.2) is 0 Å². The van der Waals surface area contributed by atoms with Gasteiger partial charge in [-0.25, -0.2) is 4.39 Å². The van der Waals surface area contributed by atoms with E-state index in [4.69, 9.17) is 0 Å². The molecule has 1 amide bonds. The highest BCUT2D eigenvalue weighted by atomic mass is 79.9. The maximum atomic E-state index is 13.1. The number of piperidine rings is 1. The van der Waals surface area contributed by atoms with Gasteiger partial charge in [0, 0.05) is 12.1 Å². The monoisotopic (exact) mass is 351 g/mol. The van der Waals surface area contributed by atoms with E-state index in [9.17, 15) is 9.18 Å². The van der Waals surface area contributed by atoms with Crippen LogP contribution < -0.4 is 4.90 Å². The van der Waals surface area contributed by atoms with Crippen molar-refractivity contribution in [3.8, 4) is 11.3 Å². The Bertz CT molecular complexity index is 668. The maximum absolute atomic E-state index is 13.1. The molecule has 1 aliphatic rings. The summed E-state index contributed by atoms with van der Waals surface area (Å²) in [7, 11) is 0. The van der Waals surface area contributed by atoms with Gasteiger partial charge in [0.25, 0.3) is 0 Å². The molecule has 1 atom stereocenters. The number of aromatic nitrogens is 2. The standard InChI is InChI=1S/C15H15BrFN3O/c1-9-14(20-8-2-3-12(16)15(20)21)13(19-18-9)10-4-6-11(17)7-5-10/h4-7,12H,2-3,8H2,1H3,(H,18,19). The van der Waals surface area contributed by atoms with Crippen molar-refractivity contribution in [2.45, 2.75) is 24.6 Å². The van der Waals surface area contributed by atoms with E-state index in [0.717, 1.165) is 29.8 Å². The number of aryl methyl sites for hydroxylation is 1. The first-order valence-corrected chi connectivity index (χ1v) is 7.76. The Kier molecular flexibility index (Phi) is 3.80. The van der Waals surface area contributed by atoms with Crippen LogP contribution >= 0.6 is 15.9 Å². The Balaban J connectivity index is 2.05. The normalized spacial score (nSPS) is 19.1. The average Bonchev–Trinajstić information content (AvgIpc) is 2.85. The van der Waals surface area contributed by atoms with Crippen molar-refractivity contribution in [3.63, 3.8) is 0 Å². The molecule has 3 rings (SSSR count). The van der Waals surface area contributed by atoms with Crippen LogP contribution in [0.25, 0.3) is 11.3 Å². The van der Waals surface area contributed by atoms with Crippen molar-refractivity contribution in [2.75, 3.05) is 11.4 Å². The third-order valence-corrected chi connectivity index (χ3v) is 4.53. The zero-order chi connectivity index (χ0) is 15.0. The molecule has 110 valence electrons. The lowest BCUT2D eigenvalue weighted by molar-refractivity contribution is -0.118. The number of H-pyrrole nitrogens is 1. The van der Waals surface area contributed by atoms with Crippen molar-refractivity contribution in [2.24, 2.45) is 0 Å². The zero-order valence-electron chi connectivity index (χ0n) is 11.6. The molecule has 0 radical (unpaired) electrons. The quantitative estimate of drug-likeness (QED) is 0.842. The molecule has 4 nitrogen and oxygen atoms in total. The number of benzene rings is 1. The summed E-state index contributed by atoms with van der Waals surface area (Å²) in [4.78, 5) is 14.0. The summed E-state index contributed by atoms with van der Waals surface area (Å²) in [5.74, 6) is -0.240. The zero-order valence-corrected chi connectivity index (χ0v) is 13.2. The molecule has 0 saturated carbocycles. The predicted octanol–water partition coefficient (Wildman–Crippen LogP) is 3.41. The molecule has 1 aliphatic heterocycles. The van der Waals surface area contributed by atoms with Gasteiger partial charge in [-0.2, -0.15) is 5.10 Å². The Morgan fingerprint density at radius 2 is 2.10 bits per heavy atom. The Labute approximate surface area is 130 Å². The minimum atomic E-state index is -0.290. The molecule has 1 saturated heterocycles. The van der Waals surface area contributed by atoms with Crippen LogP contribution in [-0.4, -0.2) is 27.5 Å². The van der Waals surface area contributed by atoms with Crippen molar-refractivity contribution >= 4 is 27.5 Å². The Hall–Kier alpha value is -1.69. The smallest absolute Gasteiger partial charge is 0.240 e. The topological polar surface area (TPSA) is 49.0 Å². The number of carbonyl (C=O) groups is 1. The lowest BCUT2D eigenvalue weighted by Gasteiger charge is -2.30. The molecule has 0 aliphatic carbocycles. The highest BCUT2D eigenvalue weighted by Crippen LogP contribution is 2.34. The number of anilines is 1. The van der Waals surface area contributed by atoms with Gasteiger partial charge >= 0.3 is 0 Å². The SMILES string of the molecule is Cc1[nH]nc(-c2ccc(F)cc2)c1N1CCCC(Br)C1=O. The van der Waals surface area contributed by atoms with Gasteiger partial charge in [-0.05, 0) is 44.0 Å². The lowest BCUT2D eigenvalue weighted by atomic mass is 10.1. The molecule has 6 heteroatoms. The summed E-state index contributed by atoms with van der Waals surface area (Å²) < 4.78 is 13.1. The van der Waals surface area contributed by atoms with Gasteiger partial charge in [-0.3, -0.25) is 9.89 Å². The Morgan fingerprint density at radius 1 is 1.38 bits per heavy atom. The molecular formula is C15H15BrFN3O. The van der Waals surface area contributed by atoms with Crippen molar-refractivity contribution in [1.29, 1.82) is 0 Å². The molecule has 1 N–H and O–H groups in total. The van der Waals surface area contributed by atoms with E-state index >= 15 is 0 Å². The number of nitrogens with one attached hydrogen (secondary N) is 1. The second-order valence-electron chi connectivity index (χ2n) is 5.15. The highest BCUT2D eigenvalue weighted by Gasteiger charge is 2.31. The summed E-state index contributed by atoms with van der Waals surface area (Å²) in [5, 5.41) is 7.22. The molecule has 1 fully saturated rings. The van der Waals surface area contributed by atoms with E-state index in [1.54, 1.807) is 17.0 Å². The van der Waals surface area contributed by atoms with Crippen molar-refractivity contribution in [3.05, 3.63) is 35.8 Å². The van der Waals surface area contributed by atoms with Crippen LogP contribution in [0.5, 0.6) is 0 Å². The third-order valence-electron chi connectivity index (χ3n) is 3.68. The number of aromatic amines is 1. The second kappa shape index (κ2) is 5.60. The fraction of sp³-hybridized carbons (Fsp3) is 0.333. The Morgan fingerprint density at radius 3 is 2.81 bits per heavy atom. The number of rotatable bonds is 2. The van der Waals surface area contributed by atoms with Crippen LogP contribution in [0.3, 0.4) is 0 Å². The molecule has 1 aromatic carbocycles. The third kappa shape index (κ3) is 2.60. The van der Waals surface area contributed by atoms with E-state index in [1.165, 1.54) is 12.1 Å². The molecule has 2 heterocycles. The van der Waals surface area contributed by atoms with Gasteiger partial charge < -0.3 is 4.90 Å². The minimum absolute atomic E-state index is 0.0501. The number of amides is 1. The van der Waals surface area contributed by atoms with Gasteiger partial charge in [0.1, 0.15) is 11.5 Å². The van der Waals surface area contributed by atoms with Gasteiger partial charge in [0.05, 0.1) is 16.2 Å². The number of nitrogens with zero attached hydrogens (tertiary/aromatic N) is 2. The number of alkyl halides is 1. The molecule has 0 bridgehead atoms. The molecule has 1 unspecified atom stereocenters. The van der Waals surface area contributed by atoms with Crippen molar-refractivity contribution in [1.82, 2.24) is 10.2 Å². The van der Waals surface area contributed by atoms with Gasteiger partial charge in [-0.1, -0.05) is 15.9 Å². The van der Waals surface area contributed by atoms with Crippen LogP contribution in [0.15, 0.2) is 24.3 Å². The molecule has 1 aromatic heterocycles. The first kappa shape index (κ1) is 14.3. The van der Waals surface area contributed by atoms with Gasteiger partial charge in [-0.15, -0.1) is 0 Å². The van der Waals surface area contributed by atoms with Crippen LogP contribution in [0, 0.1) is 12.7 Å².